The summed E-state index contributed by atoms with van der Waals surface area (Å²) in [6.45, 7) is 12.1. The monoisotopic (exact) mass is 530 g/mol. The summed E-state index contributed by atoms with van der Waals surface area (Å²) in [6.07, 6.45) is 13.0. The highest BCUT2D eigenvalue weighted by Gasteiger charge is 2.61. The third kappa shape index (κ3) is 5.05. The number of alkyl halides is 2. The van der Waals surface area contributed by atoms with Crippen LogP contribution in [0.5, 0.6) is 0 Å². The Kier molecular flexibility index (Phi) is 8.33. The molecule has 1 N–H and O–H groups in total. The van der Waals surface area contributed by atoms with Crippen LogP contribution in [0.25, 0.3) is 0 Å². The van der Waals surface area contributed by atoms with Gasteiger partial charge in [-0.3, -0.25) is 0 Å². The fourth-order valence-corrected chi connectivity index (χ4v) is 9.83. The highest BCUT2D eigenvalue weighted by Crippen LogP contribution is 2.68. The van der Waals surface area contributed by atoms with Crippen LogP contribution >= 0.6 is 0 Å². The number of ether oxygens (including phenoxy) is 1. The largest absolute Gasteiger partial charge is 0.457 e. The number of halogens is 2. The van der Waals surface area contributed by atoms with Gasteiger partial charge in [0.05, 0.1) is 0 Å². The van der Waals surface area contributed by atoms with Gasteiger partial charge >= 0.3 is 11.2 Å². The zero-order chi connectivity index (χ0) is 26.5. The summed E-state index contributed by atoms with van der Waals surface area (Å²) in [7, 11) is 0. The fraction of sp³-hybridized carbons (Fsp3) is 0.966. The highest BCUT2D eigenvalue weighted by molar-refractivity contribution is 7.81. The molecule has 0 aromatic rings. The van der Waals surface area contributed by atoms with E-state index < -0.39 is 28.4 Å². The first-order chi connectivity index (χ1) is 16.8. The van der Waals surface area contributed by atoms with Crippen molar-refractivity contribution in [2.75, 3.05) is 0 Å². The normalized spacial score (nSPS) is 42.2. The number of esters is 1. The molecule has 4 rings (SSSR count). The molecular weight excluding hydrogens is 482 g/mol. The van der Waals surface area contributed by atoms with E-state index in [1.165, 1.54) is 51.4 Å². The smallest absolute Gasteiger partial charge is 0.439 e. The van der Waals surface area contributed by atoms with Gasteiger partial charge in [-0.1, -0.05) is 53.9 Å². The number of rotatable bonds is 8. The standard InChI is InChI=1S/C29H48F2O4S/c1-18(2)7-6-8-19(3)23-11-12-24-22-10-9-20-17-21(35-26(32)29(30,31)36(33)34)13-15-27(20,4)25(22)14-16-28(23,24)5/h18-25H,6-17H2,1-5H3,(H,33,34). The van der Waals surface area contributed by atoms with Gasteiger partial charge in [-0.2, -0.15) is 8.78 Å². The molecule has 0 aromatic carbocycles. The molecule has 0 bridgehead atoms. The molecule has 4 fully saturated rings. The van der Waals surface area contributed by atoms with Crippen molar-refractivity contribution in [3.05, 3.63) is 0 Å². The van der Waals surface area contributed by atoms with Gasteiger partial charge in [-0.25, -0.2) is 9.00 Å². The minimum absolute atomic E-state index is 0.163. The second-order valence-electron chi connectivity index (χ2n) is 13.8. The van der Waals surface area contributed by atoms with Crippen LogP contribution in [0.4, 0.5) is 8.78 Å². The molecule has 4 aliphatic carbocycles. The van der Waals surface area contributed by atoms with E-state index >= 15 is 0 Å². The van der Waals surface area contributed by atoms with Crippen molar-refractivity contribution >= 4 is 17.0 Å². The lowest BCUT2D eigenvalue weighted by Crippen LogP contribution is -2.54. The van der Waals surface area contributed by atoms with Crippen molar-refractivity contribution in [1.29, 1.82) is 0 Å². The highest BCUT2D eigenvalue weighted by atomic mass is 32.2. The number of hydrogen-bond acceptors (Lipinski definition) is 3. The third-order valence-corrected chi connectivity index (χ3v) is 12.2. The Morgan fingerprint density at radius 3 is 2.33 bits per heavy atom. The molecule has 36 heavy (non-hydrogen) atoms. The van der Waals surface area contributed by atoms with E-state index in [9.17, 15) is 17.8 Å². The summed E-state index contributed by atoms with van der Waals surface area (Å²) in [5.74, 6) is 3.09. The van der Waals surface area contributed by atoms with Gasteiger partial charge in [0.2, 0.25) is 11.1 Å². The van der Waals surface area contributed by atoms with Crippen LogP contribution in [0.3, 0.4) is 0 Å². The molecule has 10 atom stereocenters. The predicted molar refractivity (Wildman–Crippen MR) is 139 cm³/mol. The van der Waals surface area contributed by atoms with E-state index in [4.69, 9.17) is 9.29 Å². The van der Waals surface area contributed by atoms with Crippen LogP contribution in [-0.2, 0) is 20.6 Å². The summed E-state index contributed by atoms with van der Waals surface area (Å²) in [4.78, 5) is 11.9. The van der Waals surface area contributed by atoms with E-state index in [0.29, 0.717) is 30.1 Å². The lowest BCUT2D eigenvalue weighted by Gasteiger charge is -2.61. The fourth-order valence-electron chi connectivity index (χ4n) is 9.64. The Morgan fingerprint density at radius 2 is 1.67 bits per heavy atom. The number of carbonyl (C=O) groups excluding carboxylic acids is 1. The van der Waals surface area contributed by atoms with Crippen molar-refractivity contribution in [1.82, 2.24) is 0 Å². The second kappa shape index (κ2) is 10.5. The molecule has 208 valence electrons. The summed E-state index contributed by atoms with van der Waals surface area (Å²) in [5, 5.41) is -4.36. The Labute approximate surface area is 219 Å². The first-order valence-electron chi connectivity index (χ1n) is 14.5. The summed E-state index contributed by atoms with van der Waals surface area (Å²) >= 11 is -3.56. The number of fused-ring (bicyclic) bond motifs is 5. The van der Waals surface area contributed by atoms with Crippen LogP contribution in [0.15, 0.2) is 0 Å². The van der Waals surface area contributed by atoms with E-state index in [2.05, 4.69) is 34.6 Å². The van der Waals surface area contributed by atoms with E-state index in [1.54, 1.807) is 0 Å². The van der Waals surface area contributed by atoms with Crippen molar-refractivity contribution in [3.8, 4) is 0 Å². The Bertz CT molecular complexity index is 834. The first kappa shape index (κ1) is 28.4. The molecule has 0 amide bonds. The maximum absolute atomic E-state index is 13.7. The SMILES string of the molecule is CC(C)CCCC(C)C1CCC2C3CCC4CC(OC(=O)C(F)(F)S(=O)O)CCC4(C)C3CCC12C. The van der Waals surface area contributed by atoms with Gasteiger partial charge < -0.3 is 9.29 Å². The van der Waals surface area contributed by atoms with Crippen molar-refractivity contribution in [3.63, 3.8) is 0 Å². The lowest BCUT2D eigenvalue weighted by atomic mass is 9.44. The average molecular weight is 531 g/mol. The van der Waals surface area contributed by atoms with Crippen LogP contribution in [-0.4, -0.2) is 26.1 Å². The molecule has 10 unspecified atom stereocenters. The lowest BCUT2D eigenvalue weighted by molar-refractivity contribution is -0.177. The molecular formula is C29H48F2O4S. The van der Waals surface area contributed by atoms with Gasteiger partial charge in [0, 0.05) is 0 Å². The van der Waals surface area contributed by atoms with Crippen molar-refractivity contribution < 1.29 is 27.1 Å². The molecule has 7 heteroatoms. The molecule has 0 aromatic heterocycles. The second-order valence-corrected chi connectivity index (χ2v) is 14.8. The molecule has 4 nitrogen and oxygen atoms in total. The van der Waals surface area contributed by atoms with Crippen LogP contribution in [0.1, 0.15) is 112 Å². The number of hydrogen-bond donors (Lipinski definition) is 1. The maximum atomic E-state index is 13.7. The Hall–Kier alpha value is -0.560. The molecule has 0 radical (unpaired) electrons. The van der Waals surface area contributed by atoms with Gasteiger partial charge in [-0.15, -0.1) is 0 Å². The summed E-state index contributed by atoms with van der Waals surface area (Å²) < 4.78 is 52.0. The Morgan fingerprint density at radius 1 is 1.00 bits per heavy atom. The maximum Gasteiger partial charge on any atom is 0.439 e. The van der Waals surface area contributed by atoms with Crippen LogP contribution in [0, 0.1) is 52.3 Å². The molecule has 0 aliphatic heterocycles. The topological polar surface area (TPSA) is 63.6 Å². The minimum atomic E-state index is -4.36. The van der Waals surface area contributed by atoms with Gasteiger partial charge in [0.25, 0.3) is 0 Å². The minimum Gasteiger partial charge on any atom is -0.457 e. The zero-order valence-corrected chi connectivity index (χ0v) is 23.8. The molecule has 0 saturated heterocycles. The summed E-state index contributed by atoms with van der Waals surface area (Å²) in [5.41, 5.74) is 0.607. The van der Waals surface area contributed by atoms with Crippen molar-refractivity contribution in [2.45, 2.75) is 123 Å². The van der Waals surface area contributed by atoms with E-state index in [-0.39, 0.29) is 5.41 Å². The molecule has 4 aliphatic rings. The van der Waals surface area contributed by atoms with E-state index in [0.717, 1.165) is 42.4 Å². The first-order valence-corrected chi connectivity index (χ1v) is 15.6. The van der Waals surface area contributed by atoms with Gasteiger partial charge in [0.15, 0.2) is 0 Å². The van der Waals surface area contributed by atoms with Gasteiger partial charge in [0.1, 0.15) is 6.10 Å². The number of carbonyl (C=O) groups is 1. The quantitative estimate of drug-likeness (QED) is 0.256. The zero-order valence-electron chi connectivity index (χ0n) is 22.9. The van der Waals surface area contributed by atoms with Crippen molar-refractivity contribution in [2.24, 2.45) is 52.3 Å². The van der Waals surface area contributed by atoms with E-state index in [1.807, 2.05) is 0 Å². The molecule has 0 spiro atoms. The predicted octanol–water partition coefficient (Wildman–Crippen LogP) is 7.83. The molecule has 0 heterocycles. The average Bonchev–Trinajstić information content (AvgIpc) is 3.16. The Balaban J connectivity index is 1.40. The molecule has 4 saturated carbocycles. The third-order valence-electron chi connectivity index (χ3n) is 11.5. The summed E-state index contributed by atoms with van der Waals surface area (Å²) in [6, 6.07) is 0. The van der Waals surface area contributed by atoms with Gasteiger partial charge in [-0.05, 0) is 110 Å². The van der Waals surface area contributed by atoms with Crippen LogP contribution < -0.4 is 0 Å². The van der Waals surface area contributed by atoms with Crippen LogP contribution in [0.2, 0.25) is 0 Å².